The van der Waals surface area contributed by atoms with Crippen molar-refractivity contribution in [3.05, 3.63) is 63.3 Å². The van der Waals surface area contributed by atoms with Crippen LogP contribution in [0.3, 0.4) is 0 Å². The smallest absolute Gasteiger partial charge is 0.266 e. The van der Waals surface area contributed by atoms with Crippen molar-refractivity contribution in [3.8, 4) is 0 Å². The van der Waals surface area contributed by atoms with Gasteiger partial charge in [0.15, 0.2) is 5.82 Å². The van der Waals surface area contributed by atoms with Crippen LogP contribution in [0.25, 0.3) is 0 Å². The average molecular weight is 328 g/mol. The minimum atomic E-state index is -3.71. The van der Waals surface area contributed by atoms with Gasteiger partial charge in [-0.3, -0.25) is 14.8 Å². The molecule has 7 nitrogen and oxygen atoms in total. The molecular weight excluding hydrogens is 318 g/mol. The van der Waals surface area contributed by atoms with Crippen molar-refractivity contribution < 1.29 is 13.3 Å². The first-order chi connectivity index (χ1) is 9.87. The zero-order chi connectivity index (χ0) is 15.5. The SMILES string of the molecule is O=[N+]([O-])c1ccc(CS(=O)(=O)Nc2ncccc2Cl)cc1. The third-order valence-corrected chi connectivity index (χ3v) is 4.04. The number of anilines is 1. The standard InChI is InChI=1S/C12H10ClN3O4S/c13-11-2-1-7-14-12(11)15-21(19,20)8-9-3-5-10(6-4-9)16(17)18/h1-7H,8H2,(H,14,15). The van der Waals surface area contributed by atoms with E-state index in [1.165, 1.54) is 36.5 Å². The van der Waals surface area contributed by atoms with Gasteiger partial charge in [0.05, 0.1) is 15.7 Å². The van der Waals surface area contributed by atoms with E-state index in [9.17, 15) is 18.5 Å². The molecule has 0 atom stereocenters. The summed E-state index contributed by atoms with van der Waals surface area (Å²) in [4.78, 5) is 13.8. The van der Waals surface area contributed by atoms with Gasteiger partial charge in [0, 0.05) is 18.3 Å². The van der Waals surface area contributed by atoms with Crippen LogP contribution < -0.4 is 4.72 Å². The molecule has 0 aliphatic heterocycles. The molecule has 2 rings (SSSR count). The molecule has 0 aliphatic carbocycles. The predicted octanol–water partition coefficient (Wildman–Crippen LogP) is 2.59. The Hall–Kier alpha value is -2.19. The Bertz CT molecular complexity index is 762. The molecule has 1 N–H and O–H groups in total. The van der Waals surface area contributed by atoms with Gasteiger partial charge in [-0.15, -0.1) is 0 Å². The van der Waals surface area contributed by atoms with Gasteiger partial charge in [0.2, 0.25) is 10.0 Å². The molecule has 0 saturated carbocycles. The van der Waals surface area contributed by atoms with E-state index in [-0.39, 0.29) is 22.3 Å². The molecule has 0 radical (unpaired) electrons. The van der Waals surface area contributed by atoms with E-state index < -0.39 is 14.9 Å². The van der Waals surface area contributed by atoms with E-state index >= 15 is 0 Å². The van der Waals surface area contributed by atoms with Crippen LogP contribution in [0.5, 0.6) is 0 Å². The van der Waals surface area contributed by atoms with Crippen LogP contribution >= 0.6 is 11.6 Å². The molecule has 1 heterocycles. The van der Waals surface area contributed by atoms with Crippen molar-refractivity contribution >= 4 is 33.1 Å². The highest BCUT2D eigenvalue weighted by atomic mass is 35.5. The Balaban J connectivity index is 2.14. The van der Waals surface area contributed by atoms with Crippen LogP contribution in [0.2, 0.25) is 5.02 Å². The van der Waals surface area contributed by atoms with Gasteiger partial charge >= 0.3 is 0 Å². The molecule has 0 spiro atoms. The minimum absolute atomic E-state index is 0.0427. The Morgan fingerprint density at radius 2 is 1.90 bits per heavy atom. The number of pyridine rings is 1. The van der Waals surface area contributed by atoms with Crippen molar-refractivity contribution in [3.63, 3.8) is 0 Å². The van der Waals surface area contributed by atoms with Crippen LogP contribution in [0, 0.1) is 10.1 Å². The molecule has 0 saturated heterocycles. The summed E-state index contributed by atoms with van der Waals surface area (Å²) in [7, 11) is -3.71. The second kappa shape index (κ2) is 6.06. The summed E-state index contributed by atoms with van der Waals surface area (Å²) in [6, 6.07) is 8.36. The summed E-state index contributed by atoms with van der Waals surface area (Å²) in [5.74, 6) is -0.293. The van der Waals surface area contributed by atoms with Crippen LogP contribution in [0.15, 0.2) is 42.6 Å². The van der Waals surface area contributed by atoms with Gasteiger partial charge in [-0.05, 0) is 17.7 Å². The number of sulfonamides is 1. The van der Waals surface area contributed by atoms with E-state index in [1.807, 2.05) is 0 Å². The highest BCUT2D eigenvalue weighted by Gasteiger charge is 2.15. The number of benzene rings is 1. The van der Waals surface area contributed by atoms with E-state index in [4.69, 9.17) is 11.6 Å². The van der Waals surface area contributed by atoms with Crippen LogP contribution in [-0.2, 0) is 15.8 Å². The van der Waals surface area contributed by atoms with Crippen molar-refractivity contribution in [2.24, 2.45) is 0 Å². The van der Waals surface area contributed by atoms with Gasteiger partial charge in [-0.2, -0.15) is 0 Å². The molecule has 21 heavy (non-hydrogen) atoms. The van der Waals surface area contributed by atoms with Crippen molar-refractivity contribution in [1.82, 2.24) is 4.98 Å². The molecule has 0 unspecified atom stereocenters. The lowest BCUT2D eigenvalue weighted by molar-refractivity contribution is -0.384. The summed E-state index contributed by atoms with van der Waals surface area (Å²) in [6.45, 7) is 0. The van der Waals surface area contributed by atoms with Crippen molar-refractivity contribution in [2.45, 2.75) is 5.75 Å². The van der Waals surface area contributed by atoms with Crippen LogP contribution in [0.1, 0.15) is 5.56 Å². The molecule has 1 aromatic heterocycles. The van der Waals surface area contributed by atoms with Gasteiger partial charge in [0.1, 0.15) is 0 Å². The van der Waals surface area contributed by atoms with Crippen molar-refractivity contribution in [1.29, 1.82) is 0 Å². The molecule has 110 valence electrons. The Morgan fingerprint density at radius 3 is 2.48 bits per heavy atom. The number of hydrogen-bond donors (Lipinski definition) is 1. The Kier molecular flexibility index (Phi) is 4.39. The van der Waals surface area contributed by atoms with Gasteiger partial charge in [0.25, 0.3) is 5.69 Å². The fourth-order valence-electron chi connectivity index (χ4n) is 1.58. The second-order valence-electron chi connectivity index (χ2n) is 4.12. The number of halogens is 1. The lowest BCUT2D eigenvalue weighted by atomic mass is 10.2. The summed E-state index contributed by atoms with van der Waals surface area (Å²) in [6.07, 6.45) is 1.41. The van der Waals surface area contributed by atoms with Crippen LogP contribution in [-0.4, -0.2) is 18.3 Å². The number of nitro benzene ring substituents is 1. The summed E-state index contributed by atoms with van der Waals surface area (Å²) in [5.41, 5.74) is 0.317. The normalized spacial score (nSPS) is 11.1. The number of non-ortho nitro benzene ring substituents is 1. The van der Waals surface area contributed by atoms with Crippen LogP contribution in [0.4, 0.5) is 11.5 Å². The third kappa shape index (κ3) is 4.14. The van der Waals surface area contributed by atoms with E-state index in [0.717, 1.165) is 0 Å². The van der Waals surface area contributed by atoms with Gasteiger partial charge < -0.3 is 0 Å². The first-order valence-corrected chi connectivity index (χ1v) is 7.75. The highest BCUT2D eigenvalue weighted by molar-refractivity contribution is 7.91. The number of rotatable bonds is 5. The molecule has 0 amide bonds. The quantitative estimate of drug-likeness (QED) is 0.671. The number of aromatic nitrogens is 1. The number of nitrogens with one attached hydrogen (secondary N) is 1. The molecule has 0 fully saturated rings. The average Bonchev–Trinajstić information content (AvgIpc) is 2.41. The first kappa shape index (κ1) is 15.2. The molecule has 1 aromatic carbocycles. The molecule has 0 bridgehead atoms. The number of hydrogen-bond acceptors (Lipinski definition) is 5. The zero-order valence-electron chi connectivity index (χ0n) is 10.6. The fourth-order valence-corrected chi connectivity index (χ4v) is 2.96. The number of nitrogens with zero attached hydrogens (tertiary/aromatic N) is 2. The van der Waals surface area contributed by atoms with Crippen molar-refractivity contribution in [2.75, 3.05) is 4.72 Å². The second-order valence-corrected chi connectivity index (χ2v) is 6.25. The van der Waals surface area contributed by atoms with Gasteiger partial charge in [-0.25, -0.2) is 13.4 Å². The molecule has 9 heteroatoms. The topological polar surface area (TPSA) is 102 Å². The van der Waals surface area contributed by atoms with Gasteiger partial charge in [-0.1, -0.05) is 23.7 Å². The largest absolute Gasteiger partial charge is 0.269 e. The highest BCUT2D eigenvalue weighted by Crippen LogP contribution is 2.20. The maximum absolute atomic E-state index is 12.0. The molecule has 0 aliphatic rings. The minimum Gasteiger partial charge on any atom is -0.266 e. The maximum atomic E-state index is 12.0. The van der Waals surface area contributed by atoms with E-state index in [1.54, 1.807) is 6.07 Å². The monoisotopic (exact) mass is 327 g/mol. The lowest BCUT2D eigenvalue weighted by Crippen LogP contribution is -2.16. The third-order valence-electron chi connectivity index (χ3n) is 2.51. The lowest BCUT2D eigenvalue weighted by Gasteiger charge is -2.08. The van der Waals surface area contributed by atoms with E-state index in [0.29, 0.717) is 5.56 Å². The number of nitro groups is 1. The summed E-state index contributed by atoms with van der Waals surface area (Å²) < 4.78 is 26.3. The molecule has 2 aromatic rings. The summed E-state index contributed by atoms with van der Waals surface area (Å²) in [5, 5.41) is 10.7. The van der Waals surface area contributed by atoms with E-state index in [2.05, 4.69) is 9.71 Å². The first-order valence-electron chi connectivity index (χ1n) is 5.72. The zero-order valence-corrected chi connectivity index (χ0v) is 12.1. The Labute approximate surface area is 125 Å². The predicted molar refractivity (Wildman–Crippen MR) is 78.6 cm³/mol. The maximum Gasteiger partial charge on any atom is 0.269 e. The fraction of sp³-hybridized carbons (Fsp3) is 0.0833. The Morgan fingerprint density at radius 1 is 1.24 bits per heavy atom. The molecular formula is C12H10ClN3O4S. The summed E-state index contributed by atoms with van der Waals surface area (Å²) >= 11 is 5.82.